The lowest BCUT2D eigenvalue weighted by atomic mass is 10.1. The van der Waals surface area contributed by atoms with Crippen LogP contribution in [0, 0.1) is 6.92 Å². The van der Waals surface area contributed by atoms with Gasteiger partial charge in [-0.3, -0.25) is 4.99 Å². The summed E-state index contributed by atoms with van der Waals surface area (Å²) in [5, 5.41) is 0. The predicted molar refractivity (Wildman–Crippen MR) is 84.4 cm³/mol. The maximum Gasteiger partial charge on any atom is 0.265 e. The predicted octanol–water partition coefficient (Wildman–Crippen LogP) is 2.97. The Morgan fingerprint density at radius 1 is 1.00 bits per heavy atom. The average Bonchev–Trinajstić information content (AvgIpc) is 2.48. The van der Waals surface area contributed by atoms with Crippen LogP contribution in [-0.2, 0) is 10.0 Å². The highest BCUT2D eigenvalue weighted by Gasteiger charge is 2.29. The number of nitrogens with zero attached hydrogens (tertiary/aromatic N) is 2. The van der Waals surface area contributed by atoms with Crippen LogP contribution in [0.5, 0.6) is 0 Å². The van der Waals surface area contributed by atoms with Crippen molar-refractivity contribution in [1.82, 2.24) is 0 Å². The smallest absolute Gasteiger partial charge is 0.265 e. The lowest BCUT2D eigenvalue weighted by molar-refractivity contribution is 0.591. The van der Waals surface area contributed by atoms with Crippen LogP contribution in [0.15, 0.2) is 58.4 Å². The quantitative estimate of drug-likeness (QED) is 0.856. The zero-order chi connectivity index (χ0) is 15.0. The van der Waals surface area contributed by atoms with E-state index in [4.69, 9.17) is 0 Å². The van der Waals surface area contributed by atoms with E-state index in [2.05, 4.69) is 4.99 Å². The molecule has 1 aliphatic rings. The van der Waals surface area contributed by atoms with Crippen molar-refractivity contribution in [3.05, 3.63) is 59.7 Å². The summed E-state index contributed by atoms with van der Waals surface area (Å²) in [7, 11) is -3.59. The number of para-hydroxylation sites is 1. The number of aryl methyl sites for hydroxylation is 1. The molecular formula is C16H16N2O2S. The van der Waals surface area contributed by atoms with Gasteiger partial charge in [0.1, 0.15) is 6.67 Å². The van der Waals surface area contributed by atoms with Crippen LogP contribution in [0.2, 0.25) is 0 Å². The summed E-state index contributed by atoms with van der Waals surface area (Å²) in [6.07, 6.45) is 0. The van der Waals surface area contributed by atoms with Crippen LogP contribution in [0.25, 0.3) is 0 Å². The molecule has 0 aromatic heterocycles. The molecule has 0 amide bonds. The number of fused-ring (bicyclic) bond motifs is 1. The van der Waals surface area contributed by atoms with Crippen molar-refractivity contribution in [2.45, 2.75) is 18.7 Å². The van der Waals surface area contributed by atoms with Gasteiger partial charge in [0.25, 0.3) is 10.0 Å². The summed E-state index contributed by atoms with van der Waals surface area (Å²) in [6, 6.07) is 14.3. The molecule has 0 atom stereocenters. The fraction of sp³-hybridized carbons (Fsp3) is 0.188. The standard InChI is InChI=1S/C16H16N2O2S/c1-12-7-9-14(10-8-12)21(19,20)18-11-17-13(2)15-5-3-4-6-16(15)18/h3-10H,11H2,1-2H3. The molecule has 1 heterocycles. The van der Waals surface area contributed by atoms with Crippen LogP contribution in [0.3, 0.4) is 0 Å². The first-order chi connectivity index (χ1) is 10.00. The molecule has 3 rings (SSSR count). The molecular weight excluding hydrogens is 284 g/mol. The van der Waals surface area contributed by atoms with Crippen LogP contribution in [0.1, 0.15) is 18.1 Å². The van der Waals surface area contributed by atoms with Crippen LogP contribution < -0.4 is 4.31 Å². The van der Waals surface area contributed by atoms with Crippen LogP contribution >= 0.6 is 0 Å². The van der Waals surface area contributed by atoms with Gasteiger partial charge in [0.2, 0.25) is 0 Å². The second kappa shape index (κ2) is 5.00. The van der Waals surface area contributed by atoms with Gasteiger partial charge in [-0.25, -0.2) is 12.7 Å². The molecule has 2 aromatic rings. The summed E-state index contributed by atoms with van der Waals surface area (Å²) in [5.41, 5.74) is 3.44. The van der Waals surface area contributed by atoms with Crippen molar-refractivity contribution in [2.75, 3.05) is 11.0 Å². The van der Waals surface area contributed by atoms with E-state index in [-0.39, 0.29) is 11.6 Å². The zero-order valence-corrected chi connectivity index (χ0v) is 12.8. The minimum Gasteiger partial charge on any atom is -0.267 e. The molecule has 5 heteroatoms. The second-order valence-corrected chi connectivity index (χ2v) is 6.93. The minimum absolute atomic E-state index is 0.124. The number of sulfonamides is 1. The van der Waals surface area contributed by atoms with Gasteiger partial charge < -0.3 is 0 Å². The first-order valence-corrected chi connectivity index (χ1v) is 8.14. The first kappa shape index (κ1) is 13.8. The monoisotopic (exact) mass is 300 g/mol. The average molecular weight is 300 g/mol. The number of hydrogen-bond donors (Lipinski definition) is 0. The van der Waals surface area contributed by atoms with Crippen molar-refractivity contribution in [2.24, 2.45) is 4.99 Å². The molecule has 0 unspecified atom stereocenters. The highest BCUT2D eigenvalue weighted by atomic mass is 32.2. The molecule has 4 nitrogen and oxygen atoms in total. The Kier molecular flexibility index (Phi) is 3.29. The van der Waals surface area contributed by atoms with E-state index in [9.17, 15) is 8.42 Å². The third kappa shape index (κ3) is 2.34. The normalized spacial score (nSPS) is 14.6. The van der Waals surface area contributed by atoms with Gasteiger partial charge in [-0.2, -0.15) is 0 Å². The maximum atomic E-state index is 12.8. The number of rotatable bonds is 2. The number of aliphatic imine (C=N–C) groups is 1. The van der Waals surface area contributed by atoms with Crippen molar-refractivity contribution >= 4 is 21.4 Å². The van der Waals surface area contributed by atoms with Crippen molar-refractivity contribution in [3.8, 4) is 0 Å². The van der Waals surface area contributed by atoms with Gasteiger partial charge in [0, 0.05) is 11.3 Å². The van der Waals surface area contributed by atoms with E-state index < -0.39 is 10.0 Å². The Hall–Kier alpha value is -2.14. The molecule has 108 valence electrons. The maximum absolute atomic E-state index is 12.8. The van der Waals surface area contributed by atoms with Crippen molar-refractivity contribution < 1.29 is 8.42 Å². The summed E-state index contributed by atoms with van der Waals surface area (Å²) in [4.78, 5) is 4.61. The summed E-state index contributed by atoms with van der Waals surface area (Å²) in [5.74, 6) is 0. The van der Waals surface area contributed by atoms with E-state index in [1.54, 1.807) is 24.3 Å². The van der Waals surface area contributed by atoms with Gasteiger partial charge in [0.05, 0.1) is 10.6 Å². The Morgan fingerprint density at radius 3 is 2.38 bits per heavy atom. The third-order valence-corrected chi connectivity index (χ3v) is 5.37. The summed E-state index contributed by atoms with van der Waals surface area (Å²) < 4.78 is 27.0. The van der Waals surface area contributed by atoms with Gasteiger partial charge >= 0.3 is 0 Å². The van der Waals surface area contributed by atoms with E-state index in [1.165, 1.54) is 4.31 Å². The SMILES string of the molecule is CC1=NCN(S(=O)(=O)c2ccc(C)cc2)c2ccccc21. The van der Waals surface area contributed by atoms with Gasteiger partial charge in [-0.05, 0) is 32.0 Å². The lowest BCUT2D eigenvalue weighted by Gasteiger charge is -2.28. The van der Waals surface area contributed by atoms with Gasteiger partial charge in [0.15, 0.2) is 0 Å². The molecule has 21 heavy (non-hydrogen) atoms. The number of hydrogen-bond acceptors (Lipinski definition) is 3. The molecule has 0 saturated carbocycles. The Balaban J connectivity index is 2.11. The Morgan fingerprint density at radius 2 is 1.67 bits per heavy atom. The summed E-state index contributed by atoms with van der Waals surface area (Å²) in [6.45, 7) is 3.95. The fourth-order valence-corrected chi connectivity index (χ4v) is 3.73. The third-order valence-electron chi connectivity index (χ3n) is 3.61. The summed E-state index contributed by atoms with van der Waals surface area (Å²) >= 11 is 0. The molecule has 0 fully saturated rings. The first-order valence-electron chi connectivity index (χ1n) is 6.70. The molecule has 0 N–H and O–H groups in total. The van der Waals surface area contributed by atoms with E-state index in [1.807, 2.05) is 38.1 Å². The van der Waals surface area contributed by atoms with E-state index in [0.717, 1.165) is 16.8 Å². The van der Waals surface area contributed by atoms with Crippen LogP contribution in [-0.4, -0.2) is 20.8 Å². The Labute approximate surface area is 124 Å². The number of anilines is 1. The molecule has 0 aliphatic carbocycles. The van der Waals surface area contributed by atoms with E-state index in [0.29, 0.717) is 5.69 Å². The van der Waals surface area contributed by atoms with Crippen molar-refractivity contribution in [3.63, 3.8) is 0 Å². The van der Waals surface area contributed by atoms with Gasteiger partial charge in [-0.15, -0.1) is 0 Å². The number of benzene rings is 2. The van der Waals surface area contributed by atoms with Gasteiger partial charge in [-0.1, -0.05) is 35.9 Å². The largest absolute Gasteiger partial charge is 0.267 e. The lowest BCUT2D eigenvalue weighted by Crippen LogP contribution is -2.35. The molecule has 0 spiro atoms. The van der Waals surface area contributed by atoms with Crippen LogP contribution in [0.4, 0.5) is 5.69 Å². The topological polar surface area (TPSA) is 49.7 Å². The highest BCUT2D eigenvalue weighted by Crippen LogP contribution is 2.30. The molecule has 0 radical (unpaired) electrons. The molecule has 2 aromatic carbocycles. The molecule has 1 aliphatic heterocycles. The molecule has 0 saturated heterocycles. The van der Waals surface area contributed by atoms with E-state index >= 15 is 0 Å². The highest BCUT2D eigenvalue weighted by molar-refractivity contribution is 7.92. The minimum atomic E-state index is -3.59. The molecule has 0 bridgehead atoms. The Bertz CT molecular complexity index is 808. The zero-order valence-electron chi connectivity index (χ0n) is 11.9. The fourth-order valence-electron chi connectivity index (χ4n) is 2.37. The second-order valence-electron chi connectivity index (χ2n) is 5.07. The van der Waals surface area contributed by atoms with Crippen molar-refractivity contribution in [1.29, 1.82) is 0 Å².